The van der Waals surface area contributed by atoms with Gasteiger partial charge in [0.05, 0.1) is 0 Å². The molecule has 4 heteroatoms. The van der Waals surface area contributed by atoms with Gasteiger partial charge in [0.1, 0.15) is 6.04 Å². The van der Waals surface area contributed by atoms with Gasteiger partial charge in [0.2, 0.25) is 5.91 Å². The summed E-state index contributed by atoms with van der Waals surface area (Å²) in [5.74, 6) is 0.241. The fourth-order valence-electron chi connectivity index (χ4n) is 3.32. The molecule has 0 radical (unpaired) electrons. The van der Waals surface area contributed by atoms with E-state index < -0.39 is 0 Å². The summed E-state index contributed by atoms with van der Waals surface area (Å²) in [6.45, 7) is 2.90. The van der Waals surface area contributed by atoms with Gasteiger partial charge in [-0.25, -0.2) is 0 Å². The molecule has 3 atom stereocenters. The molecule has 0 spiro atoms. The molecule has 0 aromatic rings. The van der Waals surface area contributed by atoms with E-state index in [0.29, 0.717) is 12.1 Å². The molecule has 2 N–H and O–H groups in total. The van der Waals surface area contributed by atoms with E-state index in [9.17, 15) is 4.79 Å². The second-order valence-corrected chi connectivity index (χ2v) is 4.92. The summed E-state index contributed by atoms with van der Waals surface area (Å²) >= 11 is 0. The van der Waals surface area contributed by atoms with E-state index in [-0.39, 0.29) is 11.9 Å². The highest BCUT2D eigenvalue weighted by Gasteiger charge is 2.43. The van der Waals surface area contributed by atoms with Gasteiger partial charge in [0.25, 0.3) is 0 Å². The van der Waals surface area contributed by atoms with E-state index in [0.717, 1.165) is 19.6 Å². The van der Waals surface area contributed by atoms with E-state index in [2.05, 4.69) is 15.5 Å². The molecule has 1 saturated carbocycles. The minimum absolute atomic E-state index is 0.0955. The Morgan fingerprint density at radius 1 is 1.27 bits per heavy atom. The predicted octanol–water partition coefficient (Wildman–Crippen LogP) is -0.299. The van der Waals surface area contributed by atoms with Crippen LogP contribution in [-0.4, -0.2) is 48.6 Å². The average molecular weight is 209 g/mol. The maximum Gasteiger partial charge on any atom is 0.238 e. The molecule has 2 heterocycles. The topological polar surface area (TPSA) is 44.4 Å². The molecule has 0 aromatic carbocycles. The molecule has 3 aliphatic rings. The third kappa shape index (κ3) is 1.56. The predicted molar refractivity (Wildman–Crippen MR) is 57.6 cm³/mol. The Morgan fingerprint density at radius 2 is 2.13 bits per heavy atom. The number of hydrogen-bond acceptors (Lipinski definition) is 3. The minimum Gasteiger partial charge on any atom is -0.350 e. The van der Waals surface area contributed by atoms with Crippen LogP contribution in [0.15, 0.2) is 0 Å². The summed E-state index contributed by atoms with van der Waals surface area (Å²) in [5.41, 5.74) is 0. The monoisotopic (exact) mass is 209 g/mol. The summed E-state index contributed by atoms with van der Waals surface area (Å²) in [6.07, 6.45) is 5.04. The first-order chi connectivity index (χ1) is 7.36. The zero-order valence-corrected chi connectivity index (χ0v) is 9.04. The summed E-state index contributed by atoms with van der Waals surface area (Å²) < 4.78 is 0. The van der Waals surface area contributed by atoms with Crippen molar-refractivity contribution in [2.45, 2.75) is 43.8 Å². The zero-order chi connectivity index (χ0) is 10.3. The number of amides is 1. The van der Waals surface area contributed by atoms with Crippen LogP contribution in [-0.2, 0) is 4.79 Å². The molecule has 0 bridgehead atoms. The number of carbonyl (C=O) groups excluding carboxylic acids is 1. The maximum absolute atomic E-state index is 11.9. The minimum atomic E-state index is 0.0955. The van der Waals surface area contributed by atoms with E-state index >= 15 is 0 Å². The third-order valence-corrected chi connectivity index (χ3v) is 4.07. The normalized spacial score (nSPS) is 41.6. The van der Waals surface area contributed by atoms with Crippen LogP contribution in [0.25, 0.3) is 0 Å². The van der Waals surface area contributed by atoms with Crippen molar-refractivity contribution in [3.63, 3.8) is 0 Å². The van der Waals surface area contributed by atoms with Gasteiger partial charge in [-0.15, -0.1) is 0 Å². The van der Waals surface area contributed by atoms with Crippen LogP contribution in [0.1, 0.15) is 25.7 Å². The van der Waals surface area contributed by atoms with Crippen molar-refractivity contribution in [1.82, 2.24) is 15.5 Å². The molecular formula is C11H19N3O. The van der Waals surface area contributed by atoms with Gasteiger partial charge in [-0.2, -0.15) is 0 Å². The van der Waals surface area contributed by atoms with Gasteiger partial charge in [-0.05, 0) is 12.8 Å². The highest BCUT2D eigenvalue weighted by atomic mass is 16.2. The number of carbonyl (C=O) groups is 1. The lowest BCUT2D eigenvalue weighted by atomic mass is 9.85. The molecule has 15 heavy (non-hydrogen) atoms. The van der Waals surface area contributed by atoms with Crippen LogP contribution < -0.4 is 10.6 Å². The molecule has 1 aliphatic carbocycles. The first-order valence-corrected chi connectivity index (χ1v) is 6.13. The molecular weight excluding hydrogens is 190 g/mol. The van der Waals surface area contributed by atoms with Crippen LogP contribution in [0.5, 0.6) is 0 Å². The van der Waals surface area contributed by atoms with Crippen LogP contribution in [0.3, 0.4) is 0 Å². The molecule has 0 aromatic heterocycles. The van der Waals surface area contributed by atoms with Crippen molar-refractivity contribution in [2.75, 3.05) is 19.6 Å². The number of hydrogen-bond donors (Lipinski definition) is 2. The Morgan fingerprint density at radius 3 is 3.07 bits per heavy atom. The number of piperazine rings is 2. The largest absolute Gasteiger partial charge is 0.350 e. The van der Waals surface area contributed by atoms with E-state index in [4.69, 9.17) is 0 Å². The lowest BCUT2D eigenvalue weighted by Gasteiger charge is -2.50. The quantitative estimate of drug-likeness (QED) is 0.576. The Kier molecular flexibility index (Phi) is 2.41. The smallest absolute Gasteiger partial charge is 0.238 e. The van der Waals surface area contributed by atoms with Crippen molar-refractivity contribution in [2.24, 2.45) is 0 Å². The third-order valence-electron chi connectivity index (χ3n) is 4.07. The van der Waals surface area contributed by atoms with Gasteiger partial charge >= 0.3 is 0 Å². The van der Waals surface area contributed by atoms with Gasteiger partial charge in [0, 0.05) is 31.7 Å². The molecule has 84 valence electrons. The van der Waals surface area contributed by atoms with Crippen LogP contribution in [0.4, 0.5) is 0 Å². The SMILES string of the molecule is O=C1NC2CCCCC2N2CCNCC12. The second kappa shape index (κ2) is 3.76. The Balaban J connectivity index is 1.82. The van der Waals surface area contributed by atoms with Crippen LogP contribution in [0, 0.1) is 0 Å². The molecule has 3 unspecified atom stereocenters. The van der Waals surface area contributed by atoms with Gasteiger partial charge in [-0.1, -0.05) is 12.8 Å². The molecule has 3 fully saturated rings. The van der Waals surface area contributed by atoms with Gasteiger partial charge in [-0.3, -0.25) is 9.69 Å². The summed E-state index contributed by atoms with van der Waals surface area (Å²) in [4.78, 5) is 14.3. The first kappa shape index (κ1) is 9.60. The molecule has 4 nitrogen and oxygen atoms in total. The van der Waals surface area contributed by atoms with Crippen molar-refractivity contribution in [3.05, 3.63) is 0 Å². The van der Waals surface area contributed by atoms with E-state index in [1.54, 1.807) is 0 Å². The number of rotatable bonds is 0. The maximum atomic E-state index is 11.9. The Bertz CT molecular complexity index is 269. The lowest BCUT2D eigenvalue weighted by Crippen LogP contribution is -2.70. The Hall–Kier alpha value is -0.610. The Labute approximate surface area is 90.4 Å². The summed E-state index contributed by atoms with van der Waals surface area (Å²) in [6, 6.07) is 1.14. The highest BCUT2D eigenvalue weighted by Crippen LogP contribution is 2.28. The molecule has 2 saturated heterocycles. The van der Waals surface area contributed by atoms with Crippen LogP contribution in [0.2, 0.25) is 0 Å². The number of nitrogens with zero attached hydrogens (tertiary/aromatic N) is 1. The van der Waals surface area contributed by atoms with E-state index in [1.165, 1.54) is 25.7 Å². The van der Waals surface area contributed by atoms with Gasteiger partial charge in [0.15, 0.2) is 0 Å². The first-order valence-electron chi connectivity index (χ1n) is 6.13. The summed E-state index contributed by atoms with van der Waals surface area (Å²) in [7, 11) is 0. The van der Waals surface area contributed by atoms with Crippen molar-refractivity contribution < 1.29 is 4.79 Å². The highest BCUT2D eigenvalue weighted by molar-refractivity contribution is 5.83. The standard InChI is InChI=1S/C11H19N3O/c15-11-10-7-12-5-6-14(10)9-4-2-1-3-8(9)13-11/h8-10,12H,1-7H2,(H,13,15). The van der Waals surface area contributed by atoms with Gasteiger partial charge < -0.3 is 10.6 Å². The fraction of sp³-hybridized carbons (Fsp3) is 0.909. The zero-order valence-electron chi connectivity index (χ0n) is 9.04. The van der Waals surface area contributed by atoms with E-state index in [1.807, 2.05) is 0 Å². The number of fused-ring (bicyclic) bond motifs is 3. The molecule has 2 aliphatic heterocycles. The van der Waals surface area contributed by atoms with Crippen LogP contribution >= 0.6 is 0 Å². The van der Waals surface area contributed by atoms with Crippen molar-refractivity contribution in [1.29, 1.82) is 0 Å². The second-order valence-electron chi connectivity index (χ2n) is 4.92. The fourth-order valence-corrected chi connectivity index (χ4v) is 3.32. The lowest BCUT2D eigenvalue weighted by molar-refractivity contribution is -0.135. The van der Waals surface area contributed by atoms with Crippen molar-refractivity contribution >= 4 is 5.91 Å². The van der Waals surface area contributed by atoms with Crippen molar-refractivity contribution in [3.8, 4) is 0 Å². The summed E-state index contributed by atoms with van der Waals surface area (Å²) in [5, 5.41) is 6.50. The average Bonchev–Trinajstić information content (AvgIpc) is 2.30. The molecule has 1 amide bonds. The number of nitrogens with one attached hydrogen (secondary N) is 2. The molecule has 3 rings (SSSR count).